The van der Waals surface area contributed by atoms with Gasteiger partial charge < -0.3 is 20.7 Å². The number of nitrogens with zero attached hydrogens (tertiary/aromatic N) is 1. The Balaban J connectivity index is 0.00000264. The highest BCUT2D eigenvalue weighted by Gasteiger charge is 2.27. The number of aromatic nitrogens is 1. The van der Waals surface area contributed by atoms with Gasteiger partial charge in [-0.1, -0.05) is 6.07 Å². The molecule has 1 aliphatic rings. The molecular formula is C15H24Cl2N4O3. The van der Waals surface area contributed by atoms with E-state index in [9.17, 15) is 9.59 Å². The zero-order valence-electron chi connectivity index (χ0n) is 13.5. The Bertz CT molecular complexity index is 505. The summed E-state index contributed by atoms with van der Waals surface area (Å²) in [6.45, 7) is 3.88. The first-order valence-corrected chi connectivity index (χ1v) is 7.45. The molecule has 1 aromatic heterocycles. The van der Waals surface area contributed by atoms with Crippen LogP contribution in [0.5, 0.6) is 0 Å². The molecule has 0 aromatic carbocycles. The van der Waals surface area contributed by atoms with Crippen molar-refractivity contribution in [1.82, 2.24) is 20.9 Å². The van der Waals surface area contributed by atoms with E-state index in [2.05, 4.69) is 20.9 Å². The Morgan fingerprint density at radius 2 is 2.17 bits per heavy atom. The first-order valence-electron chi connectivity index (χ1n) is 7.45. The van der Waals surface area contributed by atoms with Crippen LogP contribution in [-0.4, -0.2) is 48.6 Å². The number of ether oxygens (including phenoxy) is 1. The van der Waals surface area contributed by atoms with Crippen molar-refractivity contribution >= 4 is 36.6 Å². The molecular weight excluding hydrogens is 355 g/mol. The topological polar surface area (TPSA) is 92.4 Å². The summed E-state index contributed by atoms with van der Waals surface area (Å²) in [5.74, 6) is -0.239. The summed E-state index contributed by atoms with van der Waals surface area (Å²) in [5.41, 5.74) is 0.942. The lowest BCUT2D eigenvalue weighted by atomic mass is 10.1. The van der Waals surface area contributed by atoms with Crippen molar-refractivity contribution in [3.8, 4) is 0 Å². The summed E-state index contributed by atoms with van der Waals surface area (Å²) in [5, 5.41) is 8.66. The molecule has 136 valence electrons. The molecule has 2 amide bonds. The molecule has 1 aromatic rings. The number of rotatable bonds is 6. The molecule has 1 fully saturated rings. The van der Waals surface area contributed by atoms with Gasteiger partial charge in [0.05, 0.1) is 12.7 Å². The van der Waals surface area contributed by atoms with Crippen LogP contribution in [0.2, 0.25) is 0 Å². The lowest BCUT2D eigenvalue weighted by Gasteiger charge is -2.29. The maximum atomic E-state index is 12.0. The maximum Gasteiger partial charge on any atom is 0.239 e. The summed E-state index contributed by atoms with van der Waals surface area (Å²) in [7, 11) is 0. The third kappa shape index (κ3) is 7.44. The molecule has 0 radical (unpaired) electrons. The maximum absolute atomic E-state index is 12.0. The van der Waals surface area contributed by atoms with Gasteiger partial charge in [0.2, 0.25) is 11.8 Å². The third-order valence-electron chi connectivity index (χ3n) is 3.46. The third-order valence-corrected chi connectivity index (χ3v) is 3.46. The van der Waals surface area contributed by atoms with Crippen LogP contribution >= 0.6 is 24.8 Å². The van der Waals surface area contributed by atoms with Crippen molar-refractivity contribution in [3.05, 3.63) is 30.1 Å². The number of pyridine rings is 1. The molecule has 0 saturated carbocycles. The average molecular weight is 379 g/mol. The molecule has 0 aliphatic carbocycles. The zero-order chi connectivity index (χ0) is 15.8. The Labute approximate surface area is 154 Å². The van der Waals surface area contributed by atoms with E-state index in [1.54, 1.807) is 12.4 Å². The Morgan fingerprint density at radius 3 is 2.83 bits per heavy atom. The van der Waals surface area contributed by atoms with E-state index in [1.165, 1.54) is 0 Å². The minimum absolute atomic E-state index is 0. The van der Waals surface area contributed by atoms with Crippen LogP contribution in [0.15, 0.2) is 24.5 Å². The van der Waals surface area contributed by atoms with Gasteiger partial charge in [0.25, 0.3) is 0 Å². The minimum Gasteiger partial charge on any atom is -0.375 e. The van der Waals surface area contributed by atoms with Gasteiger partial charge in [-0.2, -0.15) is 0 Å². The number of hydrogen-bond donors (Lipinski definition) is 3. The minimum atomic E-state index is -0.354. The van der Waals surface area contributed by atoms with Crippen molar-refractivity contribution in [2.24, 2.45) is 0 Å². The Kier molecular flexibility index (Phi) is 11.3. The van der Waals surface area contributed by atoms with Crippen LogP contribution < -0.4 is 16.0 Å². The summed E-state index contributed by atoms with van der Waals surface area (Å²) in [4.78, 5) is 27.7. The smallest absolute Gasteiger partial charge is 0.239 e. The lowest BCUT2D eigenvalue weighted by molar-refractivity contribution is -0.129. The molecule has 0 spiro atoms. The summed E-state index contributed by atoms with van der Waals surface area (Å²) in [6.07, 6.45) is 3.48. The van der Waals surface area contributed by atoms with Gasteiger partial charge in [0.15, 0.2) is 0 Å². The molecule has 2 rings (SSSR count). The highest BCUT2D eigenvalue weighted by molar-refractivity contribution is 5.85. The summed E-state index contributed by atoms with van der Waals surface area (Å²) < 4.78 is 5.42. The number of carbonyl (C=O) groups excluding carboxylic acids is 2. The first kappa shape index (κ1) is 22.6. The normalized spacial score (nSPS) is 19.4. The Morgan fingerprint density at radius 1 is 1.38 bits per heavy atom. The second-order valence-electron chi connectivity index (χ2n) is 5.19. The number of hydrogen-bond acceptors (Lipinski definition) is 5. The molecule has 7 nitrogen and oxygen atoms in total. The Hall–Kier alpha value is -1.41. The molecule has 0 bridgehead atoms. The quantitative estimate of drug-likeness (QED) is 0.667. The van der Waals surface area contributed by atoms with Crippen molar-refractivity contribution in [3.63, 3.8) is 0 Å². The largest absolute Gasteiger partial charge is 0.375 e. The highest BCUT2D eigenvalue weighted by atomic mass is 35.5. The van der Waals surface area contributed by atoms with Gasteiger partial charge in [-0.05, 0) is 18.6 Å². The number of carbonyl (C=O) groups is 2. The summed E-state index contributed by atoms with van der Waals surface area (Å²) in [6, 6.07) is 3.36. The van der Waals surface area contributed by atoms with E-state index in [-0.39, 0.29) is 55.2 Å². The van der Waals surface area contributed by atoms with Crippen LogP contribution in [0.25, 0.3) is 0 Å². The highest BCUT2D eigenvalue weighted by Crippen LogP contribution is 2.03. The number of morpholine rings is 1. The van der Waals surface area contributed by atoms with Gasteiger partial charge >= 0.3 is 0 Å². The van der Waals surface area contributed by atoms with E-state index < -0.39 is 0 Å². The second-order valence-corrected chi connectivity index (χ2v) is 5.19. The van der Waals surface area contributed by atoms with Crippen molar-refractivity contribution in [1.29, 1.82) is 0 Å². The van der Waals surface area contributed by atoms with E-state index in [0.29, 0.717) is 26.2 Å². The van der Waals surface area contributed by atoms with Crippen LogP contribution in [0.3, 0.4) is 0 Å². The van der Waals surface area contributed by atoms with E-state index in [1.807, 2.05) is 19.1 Å². The van der Waals surface area contributed by atoms with E-state index >= 15 is 0 Å². The average Bonchev–Trinajstić information content (AvgIpc) is 2.54. The van der Waals surface area contributed by atoms with Gasteiger partial charge in [0, 0.05) is 38.4 Å². The van der Waals surface area contributed by atoms with Gasteiger partial charge in [-0.3, -0.25) is 14.6 Å². The van der Waals surface area contributed by atoms with Crippen molar-refractivity contribution in [2.45, 2.75) is 32.0 Å². The lowest BCUT2D eigenvalue weighted by Crippen LogP contribution is -2.55. The second kappa shape index (κ2) is 12.0. The predicted octanol–water partition coefficient (Wildman–Crippen LogP) is 0.425. The molecule has 1 aliphatic heterocycles. The van der Waals surface area contributed by atoms with E-state index in [0.717, 1.165) is 5.56 Å². The zero-order valence-corrected chi connectivity index (χ0v) is 15.1. The number of halogens is 2. The van der Waals surface area contributed by atoms with E-state index in [4.69, 9.17) is 4.74 Å². The molecule has 1 saturated heterocycles. The van der Waals surface area contributed by atoms with Crippen LogP contribution in [0.4, 0.5) is 0 Å². The van der Waals surface area contributed by atoms with Crippen LogP contribution in [0.1, 0.15) is 18.9 Å². The molecule has 9 heteroatoms. The fourth-order valence-electron chi connectivity index (χ4n) is 2.23. The number of amides is 2. The van der Waals surface area contributed by atoms with Crippen LogP contribution in [0, 0.1) is 0 Å². The standard InChI is InChI=1S/C15H22N4O3.2ClH/c1-11-14(17-7-8-22-11)15(21)18-6-4-13(20)19-10-12-3-2-5-16-9-12;;/h2-3,5,9,11,14,17H,4,6-8,10H2,1H3,(H,18,21)(H,19,20);2*1H/t11-,14+;;/m1../s1. The fourth-order valence-corrected chi connectivity index (χ4v) is 2.23. The molecule has 2 atom stereocenters. The monoisotopic (exact) mass is 378 g/mol. The van der Waals surface area contributed by atoms with Gasteiger partial charge in [-0.25, -0.2) is 0 Å². The van der Waals surface area contributed by atoms with Gasteiger partial charge in [-0.15, -0.1) is 24.8 Å². The number of nitrogens with one attached hydrogen (secondary N) is 3. The molecule has 24 heavy (non-hydrogen) atoms. The molecule has 3 N–H and O–H groups in total. The fraction of sp³-hybridized carbons (Fsp3) is 0.533. The van der Waals surface area contributed by atoms with Crippen LogP contribution in [-0.2, 0) is 20.9 Å². The van der Waals surface area contributed by atoms with Crippen molar-refractivity contribution in [2.75, 3.05) is 19.7 Å². The first-order chi connectivity index (χ1) is 10.7. The summed E-state index contributed by atoms with van der Waals surface area (Å²) >= 11 is 0. The molecule has 2 heterocycles. The van der Waals surface area contributed by atoms with Crippen molar-refractivity contribution < 1.29 is 14.3 Å². The van der Waals surface area contributed by atoms with Gasteiger partial charge in [0.1, 0.15) is 6.04 Å². The molecule has 0 unspecified atom stereocenters. The SMILES string of the molecule is C[C@H]1OCCN[C@@H]1C(=O)NCCC(=O)NCc1cccnc1.Cl.Cl. The predicted molar refractivity (Wildman–Crippen MR) is 95.4 cm³/mol.